The summed E-state index contributed by atoms with van der Waals surface area (Å²) in [5, 5.41) is 5.38. The van der Waals surface area contributed by atoms with Crippen LogP contribution in [0.4, 0.5) is 0 Å². The number of benzene rings is 3. The standard InChI is InChI=1S/C23H14BrCl2N3O3/c24-16-6-4-14(5-7-16)20(30)13-32-23(31)21-27-22(15-2-1-3-18(26)12-15)29(28-21)19-10-8-17(25)9-11-19/h1-12H,13H2. The summed E-state index contributed by atoms with van der Waals surface area (Å²) in [6, 6.07) is 20.7. The Labute approximate surface area is 201 Å². The van der Waals surface area contributed by atoms with E-state index in [9.17, 15) is 9.59 Å². The van der Waals surface area contributed by atoms with Crippen LogP contribution in [-0.2, 0) is 4.74 Å². The molecule has 0 N–H and O–H groups in total. The van der Waals surface area contributed by atoms with E-state index in [0.29, 0.717) is 32.7 Å². The number of carbonyl (C=O) groups is 2. The van der Waals surface area contributed by atoms with Gasteiger partial charge in [-0.25, -0.2) is 14.5 Å². The molecule has 0 bridgehead atoms. The van der Waals surface area contributed by atoms with Crippen molar-refractivity contribution in [3.05, 3.63) is 98.7 Å². The summed E-state index contributed by atoms with van der Waals surface area (Å²) in [6.07, 6.45) is 0. The molecular formula is C23H14BrCl2N3O3. The summed E-state index contributed by atoms with van der Waals surface area (Å²) in [5.74, 6) is -0.941. The Morgan fingerprint density at radius 1 is 0.938 bits per heavy atom. The molecule has 160 valence electrons. The van der Waals surface area contributed by atoms with Crippen LogP contribution in [0.15, 0.2) is 77.3 Å². The van der Waals surface area contributed by atoms with Crippen molar-refractivity contribution >= 4 is 50.9 Å². The second-order valence-electron chi connectivity index (χ2n) is 6.66. The third kappa shape index (κ3) is 5.07. The highest BCUT2D eigenvalue weighted by molar-refractivity contribution is 9.10. The monoisotopic (exact) mass is 529 g/mol. The number of ether oxygens (including phenoxy) is 1. The lowest BCUT2D eigenvalue weighted by molar-refractivity contribution is 0.0462. The van der Waals surface area contributed by atoms with E-state index in [-0.39, 0.29) is 11.6 Å². The Morgan fingerprint density at radius 3 is 2.34 bits per heavy atom. The van der Waals surface area contributed by atoms with Crippen molar-refractivity contribution in [1.82, 2.24) is 14.8 Å². The lowest BCUT2D eigenvalue weighted by atomic mass is 10.1. The first kappa shape index (κ1) is 22.2. The van der Waals surface area contributed by atoms with Crippen LogP contribution >= 0.6 is 39.1 Å². The molecule has 0 saturated carbocycles. The fourth-order valence-corrected chi connectivity index (χ4v) is 3.47. The zero-order valence-corrected chi connectivity index (χ0v) is 19.4. The number of rotatable bonds is 6. The molecule has 0 aliphatic heterocycles. The van der Waals surface area contributed by atoms with Gasteiger partial charge in [0, 0.05) is 25.6 Å². The molecule has 4 aromatic rings. The van der Waals surface area contributed by atoms with E-state index in [1.165, 1.54) is 4.68 Å². The molecule has 1 heterocycles. The summed E-state index contributed by atoms with van der Waals surface area (Å²) < 4.78 is 7.51. The SMILES string of the molecule is O=C(COC(=O)c1nc(-c2cccc(Cl)c2)n(-c2ccc(Cl)cc2)n1)c1ccc(Br)cc1. The Bertz CT molecular complexity index is 1290. The Morgan fingerprint density at radius 2 is 1.66 bits per heavy atom. The third-order valence-corrected chi connectivity index (χ3v) is 5.46. The molecule has 0 saturated heterocycles. The Kier molecular flexibility index (Phi) is 6.69. The van der Waals surface area contributed by atoms with Crippen LogP contribution < -0.4 is 0 Å². The van der Waals surface area contributed by atoms with Crippen molar-refractivity contribution in [2.75, 3.05) is 6.61 Å². The van der Waals surface area contributed by atoms with Gasteiger partial charge in [-0.3, -0.25) is 4.79 Å². The van der Waals surface area contributed by atoms with Crippen LogP contribution in [0.25, 0.3) is 17.1 Å². The molecule has 1 aromatic heterocycles. The normalized spacial score (nSPS) is 10.7. The number of hydrogen-bond donors (Lipinski definition) is 0. The van der Waals surface area contributed by atoms with Crippen molar-refractivity contribution in [2.24, 2.45) is 0 Å². The molecule has 0 spiro atoms. The number of esters is 1. The first-order chi connectivity index (χ1) is 15.4. The number of ketones is 1. The maximum Gasteiger partial charge on any atom is 0.378 e. The third-order valence-electron chi connectivity index (χ3n) is 4.44. The zero-order chi connectivity index (χ0) is 22.7. The van der Waals surface area contributed by atoms with Crippen LogP contribution in [-0.4, -0.2) is 33.1 Å². The van der Waals surface area contributed by atoms with Gasteiger partial charge in [0.2, 0.25) is 0 Å². The fourth-order valence-electron chi connectivity index (χ4n) is 2.89. The van der Waals surface area contributed by atoms with Gasteiger partial charge in [-0.05, 0) is 48.5 Å². The molecule has 9 heteroatoms. The van der Waals surface area contributed by atoms with Crippen LogP contribution in [0, 0.1) is 0 Å². The molecule has 3 aromatic carbocycles. The van der Waals surface area contributed by atoms with Crippen molar-refractivity contribution in [3.8, 4) is 17.1 Å². The Balaban J connectivity index is 1.61. The highest BCUT2D eigenvalue weighted by Crippen LogP contribution is 2.25. The van der Waals surface area contributed by atoms with E-state index in [4.69, 9.17) is 27.9 Å². The summed E-state index contributed by atoms with van der Waals surface area (Å²) in [7, 11) is 0. The highest BCUT2D eigenvalue weighted by Gasteiger charge is 2.21. The van der Waals surface area contributed by atoms with Crippen molar-refractivity contribution in [3.63, 3.8) is 0 Å². The maximum absolute atomic E-state index is 12.6. The van der Waals surface area contributed by atoms with Gasteiger partial charge in [0.05, 0.1) is 5.69 Å². The molecule has 0 radical (unpaired) electrons. The van der Waals surface area contributed by atoms with Gasteiger partial charge >= 0.3 is 5.97 Å². The lowest BCUT2D eigenvalue weighted by Crippen LogP contribution is -2.15. The van der Waals surface area contributed by atoms with Crippen LogP contribution in [0.5, 0.6) is 0 Å². The average molecular weight is 531 g/mol. The van der Waals surface area contributed by atoms with Gasteiger partial charge in [0.25, 0.3) is 5.82 Å². The number of carbonyl (C=O) groups excluding carboxylic acids is 2. The predicted molar refractivity (Wildman–Crippen MR) is 126 cm³/mol. The minimum Gasteiger partial charge on any atom is -0.451 e. The topological polar surface area (TPSA) is 74.1 Å². The second kappa shape index (κ2) is 9.65. The number of aromatic nitrogens is 3. The summed E-state index contributed by atoms with van der Waals surface area (Å²) in [6.45, 7) is -0.428. The molecule has 0 aliphatic rings. The first-order valence-corrected chi connectivity index (χ1v) is 10.9. The van der Waals surface area contributed by atoms with Crippen LogP contribution in [0.1, 0.15) is 21.0 Å². The molecule has 0 fully saturated rings. The van der Waals surface area contributed by atoms with Gasteiger partial charge in [0.15, 0.2) is 18.2 Å². The van der Waals surface area contributed by atoms with Crippen LogP contribution in [0.3, 0.4) is 0 Å². The van der Waals surface area contributed by atoms with E-state index >= 15 is 0 Å². The highest BCUT2D eigenvalue weighted by atomic mass is 79.9. The van der Waals surface area contributed by atoms with Crippen molar-refractivity contribution in [2.45, 2.75) is 0 Å². The molecule has 0 aliphatic carbocycles. The first-order valence-electron chi connectivity index (χ1n) is 9.35. The summed E-state index contributed by atoms with van der Waals surface area (Å²) in [4.78, 5) is 29.3. The van der Waals surface area contributed by atoms with E-state index in [1.54, 1.807) is 72.8 Å². The number of nitrogens with zero attached hydrogens (tertiary/aromatic N) is 3. The smallest absolute Gasteiger partial charge is 0.378 e. The molecule has 0 atom stereocenters. The molecule has 6 nitrogen and oxygen atoms in total. The van der Waals surface area contributed by atoms with Gasteiger partial charge in [0.1, 0.15) is 0 Å². The molecule has 0 unspecified atom stereocenters. The Hall–Kier alpha value is -3.00. The minimum absolute atomic E-state index is 0.182. The van der Waals surface area contributed by atoms with Gasteiger partial charge in [-0.15, -0.1) is 5.10 Å². The molecule has 0 amide bonds. The fraction of sp³-hybridized carbons (Fsp3) is 0.0435. The summed E-state index contributed by atoms with van der Waals surface area (Å²) >= 11 is 15.4. The quantitative estimate of drug-likeness (QED) is 0.224. The number of hydrogen-bond acceptors (Lipinski definition) is 5. The minimum atomic E-state index is -0.813. The van der Waals surface area contributed by atoms with Crippen molar-refractivity contribution in [1.29, 1.82) is 0 Å². The van der Waals surface area contributed by atoms with Crippen LogP contribution in [0.2, 0.25) is 10.0 Å². The number of Topliss-reactive ketones (excluding diaryl/α,β-unsaturated/α-hetero) is 1. The molecular weight excluding hydrogens is 517 g/mol. The van der Waals surface area contributed by atoms with Gasteiger partial charge in [-0.1, -0.05) is 63.4 Å². The molecule has 32 heavy (non-hydrogen) atoms. The zero-order valence-electron chi connectivity index (χ0n) is 16.3. The molecule has 4 rings (SSSR count). The predicted octanol–water partition coefficient (Wildman–Crippen LogP) is 6.04. The second-order valence-corrected chi connectivity index (χ2v) is 8.45. The lowest BCUT2D eigenvalue weighted by Gasteiger charge is -2.06. The number of halogens is 3. The average Bonchev–Trinajstić information content (AvgIpc) is 3.24. The van der Waals surface area contributed by atoms with Gasteiger partial charge < -0.3 is 4.74 Å². The van der Waals surface area contributed by atoms with E-state index < -0.39 is 12.6 Å². The van der Waals surface area contributed by atoms with Crippen molar-refractivity contribution < 1.29 is 14.3 Å². The largest absolute Gasteiger partial charge is 0.451 e. The van der Waals surface area contributed by atoms with E-state index in [0.717, 1.165) is 4.47 Å². The maximum atomic E-state index is 12.6. The van der Waals surface area contributed by atoms with E-state index in [2.05, 4.69) is 26.0 Å². The summed E-state index contributed by atoms with van der Waals surface area (Å²) in [5.41, 5.74) is 1.73. The van der Waals surface area contributed by atoms with Gasteiger partial charge in [-0.2, -0.15) is 0 Å². The van der Waals surface area contributed by atoms with E-state index in [1.807, 2.05) is 0 Å².